The van der Waals surface area contributed by atoms with Crippen molar-refractivity contribution >= 4 is 43.7 Å². The van der Waals surface area contributed by atoms with Crippen LogP contribution in [0.5, 0.6) is 0 Å². The Labute approximate surface area is 322 Å². The van der Waals surface area contributed by atoms with E-state index in [1.54, 1.807) is 12.4 Å². The molecule has 0 spiro atoms. The van der Waals surface area contributed by atoms with Crippen LogP contribution >= 0.6 is 0 Å². The van der Waals surface area contributed by atoms with Crippen molar-refractivity contribution in [3.63, 3.8) is 0 Å². The molecule has 6 heterocycles. The third kappa shape index (κ3) is 5.19. The van der Waals surface area contributed by atoms with Gasteiger partial charge in [0.15, 0.2) is 0 Å². The molecule has 262 valence electrons. The summed E-state index contributed by atoms with van der Waals surface area (Å²) in [5.41, 5.74) is 14.2. The first-order valence-corrected chi connectivity index (χ1v) is 18.7. The number of aromatic nitrogens is 6. The fourth-order valence-corrected chi connectivity index (χ4v) is 8.20. The summed E-state index contributed by atoms with van der Waals surface area (Å²) in [4.78, 5) is 19.1. The van der Waals surface area contributed by atoms with Crippen molar-refractivity contribution in [3.8, 4) is 56.4 Å². The van der Waals surface area contributed by atoms with Gasteiger partial charge in [-0.25, -0.2) is 9.97 Å². The van der Waals surface area contributed by atoms with E-state index in [2.05, 4.69) is 153 Å². The Morgan fingerprint density at radius 1 is 0.339 bits per heavy atom. The maximum atomic E-state index is 5.01. The number of hydrogen-bond donors (Lipinski definition) is 0. The van der Waals surface area contributed by atoms with Crippen LogP contribution in [0.3, 0.4) is 0 Å². The standard InChI is InChI=1S/C50H32N6/c1-2-14-36(15-3-1)56-48-32-34(24-25-39(48)40-19-12-28-53-50(40)56)38-18-11-23-47-49(38)41-17-4-5-22-46(41)55(47)37-16-10-13-33(29-37)35-30-44(42-20-6-8-26-51-42)54-45(31-35)43-21-7-9-27-52-43/h1-32H. The first-order chi connectivity index (χ1) is 27.8. The molecule has 0 saturated heterocycles. The lowest BCUT2D eigenvalue weighted by molar-refractivity contribution is 1.14. The van der Waals surface area contributed by atoms with E-state index in [-0.39, 0.29) is 0 Å². The highest BCUT2D eigenvalue weighted by Gasteiger charge is 2.19. The Hall–Kier alpha value is -7.70. The van der Waals surface area contributed by atoms with E-state index in [0.29, 0.717) is 0 Å². The number of fused-ring (bicyclic) bond motifs is 6. The molecule has 0 N–H and O–H groups in total. The monoisotopic (exact) mass is 716 g/mol. The van der Waals surface area contributed by atoms with E-state index in [1.165, 1.54) is 21.7 Å². The van der Waals surface area contributed by atoms with Crippen LogP contribution in [-0.4, -0.2) is 29.1 Å². The van der Waals surface area contributed by atoms with E-state index in [1.807, 2.05) is 48.7 Å². The van der Waals surface area contributed by atoms with E-state index in [0.717, 1.165) is 78.4 Å². The van der Waals surface area contributed by atoms with Crippen LogP contribution in [0.25, 0.3) is 100 Å². The van der Waals surface area contributed by atoms with Crippen molar-refractivity contribution in [3.05, 3.63) is 195 Å². The van der Waals surface area contributed by atoms with Crippen LogP contribution in [-0.2, 0) is 0 Å². The molecule has 5 aromatic carbocycles. The van der Waals surface area contributed by atoms with Gasteiger partial charge in [-0.3, -0.25) is 14.5 Å². The van der Waals surface area contributed by atoms with Gasteiger partial charge in [-0.1, -0.05) is 84.9 Å². The maximum absolute atomic E-state index is 5.01. The summed E-state index contributed by atoms with van der Waals surface area (Å²) in [6.07, 6.45) is 5.48. The predicted octanol–water partition coefficient (Wildman–Crippen LogP) is 12.1. The first kappa shape index (κ1) is 31.8. The van der Waals surface area contributed by atoms with E-state index >= 15 is 0 Å². The molecule has 0 fully saturated rings. The lowest BCUT2D eigenvalue weighted by Crippen LogP contribution is -1.96. The Kier molecular flexibility index (Phi) is 7.38. The molecule has 0 saturated carbocycles. The number of nitrogens with zero attached hydrogens (tertiary/aromatic N) is 6. The third-order valence-corrected chi connectivity index (χ3v) is 10.7. The van der Waals surface area contributed by atoms with Crippen molar-refractivity contribution in [2.45, 2.75) is 0 Å². The molecule has 11 rings (SSSR count). The first-order valence-electron chi connectivity index (χ1n) is 18.7. The van der Waals surface area contributed by atoms with Crippen LogP contribution in [0.2, 0.25) is 0 Å². The summed E-state index contributed by atoms with van der Waals surface area (Å²) in [7, 11) is 0. The van der Waals surface area contributed by atoms with Gasteiger partial charge in [-0.05, 0) is 113 Å². The minimum atomic E-state index is 0.801. The van der Waals surface area contributed by atoms with Gasteiger partial charge in [-0.15, -0.1) is 0 Å². The molecule has 11 aromatic rings. The highest BCUT2D eigenvalue weighted by molar-refractivity contribution is 6.17. The molecule has 0 radical (unpaired) electrons. The van der Waals surface area contributed by atoms with Crippen LogP contribution in [0, 0.1) is 0 Å². The Bertz CT molecular complexity index is 3180. The van der Waals surface area contributed by atoms with Gasteiger partial charge in [0.25, 0.3) is 0 Å². The number of rotatable bonds is 6. The van der Waals surface area contributed by atoms with Crippen molar-refractivity contribution in [1.82, 2.24) is 29.1 Å². The largest absolute Gasteiger partial charge is 0.309 e. The lowest BCUT2D eigenvalue weighted by atomic mass is 9.98. The SMILES string of the molecule is c1ccc(-n2c3cc(-c4cccc5c4c4ccccc4n5-c4cccc(-c5cc(-c6ccccn6)nc(-c6ccccn6)c5)c4)ccc3c3cccnc32)cc1. The summed E-state index contributed by atoms with van der Waals surface area (Å²) in [5, 5.41) is 4.74. The van der Waals surface area contributed by atoms with Crippen molar-refractivity contribution in [2.75, 3.05) is 0 Å². The Morgan fingerprint density at radius 3 is 1.80 bits per heavy atom. The van der Waals surface area contributed by atoms with Crippen molar-refractivity contribution in [2.24, 2.45) is 0 Å². The molecular formula is C50H32N6. The topological polar surface area (TPSA) is 61.4 Å². The summed E-state index contributed by atoms with van der Waals surface area (Å²) in [5.74, 6) is 0. The Balaban J connectivity index is 1.10. The highest BCUT2D eigenvalue weighted by atomic mass is 15.0. The number of para-hydroxylation sites is 2. The maximum Gasteiger partial charge on any atom is 0.145 e. The summed E-state index contributed by atoms with van der Waals surface area (Å²) in [6.45, 7) is 0. The zero-order chi connectivity index (χ0) is 37.0. The van der Waals surface area contributed by atoms with Gasteiger partial charge >= 0.3 is 0 Å². The van der Waals surface area contributed by atoms with Crippen molar-refractivity contribution in [1.29, 1.82) is 0 Å². The second kappa shape index (κ2) is 13.0. The molecule has 0 bridgehead atoms. The normalized spacial score (nSPS) is 11.6. The highest BCUT2D eigenvalue weighted by Crippen LogP contribution is 2.41. The number of hydrogen-bond acceptors (Lipinski definition) is 4. The number of benzene rings is 5. The average molecular weight is 717 g/mol. The average Bonchev–Trinajstić information content (AvgIpc) is 3.80. The van der Waals surface area contributed by atoms with Gasteiger partial charge in [0.05, 0.1) is 39.3 Å². The molecular weight excluding hydrogens is 685 g/mol. The molecule has 0 amide bonds. The third-order valence-electron chi connectivity index (χ3n) is 10.7. The second-order valence-corrected chi connectivity index (χ2v) is 13.9. The van der Waals surface area contributed by atoms with E-state index < -0.39 is 0 Å². The molecule has 0 atom stereocenters. The predicted molar refractivity (Wildman–Crippen MR) is 228 cm³/mol. The molecule has 0 aliphatic carbocycles. The van der Waals surface area contributed by atoms with Gasteiger partial charge in [-0.2, -0.15) is 0 Å². The Morgan fingerprint density at radius 2 is 1.02 bits per heavy atom. The molecule has 6 heteroatoms. The van der Waals surface area contributed by atoms with Crippen LogP contribution in [0.15, 0.2) is 195 Å². The zero-order valence-electron chi connectivity index (χ0n) is 30.2. The van der Waals surface area contributed by atoms with Gasteiger partial charge in [0.2, 0.25) is 0 Å². The molecule has 0 aliphatic heterocycles. The zero-order valence-corrected chi connectivity index (χ0v) is 30.2. The van der Waals surface area contributed by atoms with E-state index in [4.69, 9.17) is 9.97 Å². The quantitative estimate of drug-likeness (QED) is 0.172. The minimum absolute atomic E-state index is 0.801. The van der Waals surface area contributed by atoms with Gasteiger partial charge < -0.3 is 4.57 Å². The fourth-order valence-electron chi connectivity index (χ4n) is 8.20. The molecule has 0 unspecified atom stereocenters. The lowest BCUT2D eigenvalue weighted by Gasteiger charge is -2.13. The van der Waals surface area contributed by atoms with Crippen molar-refractivity contribution < 1.29 is 0 Å². The van der Waals surface area contributed by atoms with Crippen LogP contribution in [0.4, 0.5) is 0 Å². The number of pyridine rings is 4. The molecule has 6 nitrogen and oxygen atoms in total. The van der Waals surface area contributed by atoms with Crippen LogP contribution < -0.4 is 0 Å². The second-order valence-electron chi connectivity index (χ2n) is 13.9. The minimum Gasteiger partial charge on any atom is -0.309 e. The summed E-state index contributed by atoms with van der Waals surface area (Å²) < 4.78 is 4.67. The molecule has 6 aromatic heterocycles. The fraction of sp³-hybridized carbons (Fsp3) is 0. The smallest absolute Gasteiger partial charge is 0.145 e. The van der Waals surface area contributed by atoms with Gasteiger partial charge in [0, 0.05) is 51.5 Å². The van der Waals surface area contributed by atoms with E-state index in [9.17, 15) is 0 Å². The summed E-state index contributed by atoms with van der Waals surface area (Å²) >= 11 is 0. The molecule has 0 aliphatic rings. The summed E-state index contributed by atoms with van der Waals surface area (Å²) in [6, 6.07) is 61.8. The van der Waals surface area contributed by atoms with Crippen LogP contribution in [0.1, 0.15) is 0 Å². The molecule has 56 heavy (non-hydrogen) atoms. The van der Waals surface area contributed by atoms with Gasteiger partial charge in [0.1, 0.15) is 5.65 Å².